The van der Waals surface area contributed by atoms with Crippen LogP contribution in [0.4, 0.5) is 5.00 Å². The van der Waals surface area contributed by atoms with Gasteiger partial charge in [0.05, 0.1) is 12.7 Å². The minimum atomic E-state index is -0.491. The van der Waals surface area contributed by atoms with Crippen molar-refractivity contribution in [1.29, 1.82) is 0 Å². The second-order valence-electron chi connectivity index (χ2n) is 8.59. The average molecular weight is 491 g/mol. The van der Waals surface area contributed by atoms with E-state index in [0.29, 0.717) is 22.2 Å². The van der Waals surface area contributed by atoms with Crippen molar-refractivity contribution in [2.24, 2.45) is 17.1 Å². The number of carbonyl (C=O) groups excluding carboxylic acids is 2. The summed E-state index contributed by atoms with van der Waals surface area (Å²) in [5.41, 5.74) is 8.11. The Bertz CT molecular complexity index is 1000. The lowest BCUT2D eigenvalue weighted by Crippen LogP contribution is -2.27. The van der Waals surface area contributed by atoms with Crippen molar-refractivity contribution in [3.05, 3.63) is 50.3 Å². The Kier molecular flexibility index (Phi) is 6.72. The monoisotopic (exact) mass is 490 g/mol. The molecule has 2 amide bonds. The van der Waals surface area contributed by atoms with E-state index in [2.05, 4.69) is 42.0 Å². The zero-order chi connectivity index (χ0) is 22.1. The highest BCUT2D eigenvalue weighted by atomic mass is 79.9. The van der Waals surface area contributed by atoms with Crippen molar-refractivity contribution >= 4 is 50.2 Å². The van der Waals surface area contributed by atoms with E-state index >= 15 is 0 Å². The largest absolute Gasteiger partial charge is 0.496 e. The zero-order valence-electron chi connectivity index (χ0n) is 17.7. The first-order chi connectivity index (χ1) is 14.1. The second-order valence-corrected chi connectivity index (χ2v) is 10.6. The third-order valence-electron chi connectivity index (χ3n) is 5.58. The average Bonchev–Trinajstić information content (AvgIpc) is 3.02. The third kappa shape index (κ3) is 4.95. The first-order valence-corrected chi connectivity index (χ1v) is 11.5. The van der Waals surface area contributed by atoms with Gasteiger partial charge in [-0.15, -0.1) is 11.3 Å². The van der Waals surface area contributed by atoms with E-state index in [1.165, 1.54) is 17.4 Å². The molecule has 1 aromatic heterocycles. The molecule has 0 bridgehead atoms. The van der Waals surface area contributed by atoms with Gasteiger partial charge in [-0.05, 0) is 60.4 Å². The highest BCUT2D eigenvalue weighted by molar-refractivity contribution is 9.10. The van der Waals surface area contributed by atoms with Crippen LogP contribution in [0.15, 0.2) is 28.7 Å². The molecule has 2 aromatic rings. The Morgan fingerprint density at radius 3 is 2.70 bits per heavy atom. The molecule has 5 nitrogen and oxygen atoms in total. The van der Waals surface area contributed by atoms with Crippen molar-refractivity contribution in [2.75, 3.05) is 12.4 Å². The number of anilines is 1. The second kappa shape index (κ2) is 8.94. The number of rotatable bonds is 5. The number of methoxy groups -OCH3 is 1. The van der Waals surface area contributed by atoms with Crippen LogP contribution in [0.5, 0.6) is 5.75 Å². The van der Waals surface area contributed by atoms with Gasteiger partial charge in [-0.3, -0.25) is 9.59 Å². The highest BCUT2D eigenvalue weighted by Gasteiger charge is 2.33. The summed E-state index contributed by atoms with van der Waals surface area (Å²) in [7, 11) is 1.58. The molecule has 0 aliphatic heterocycles. The SMILES string of the molecule is COc1ccc(Br)cc1/C=C/C(=O)Nc1sc2c(c1C(N)=O)CC[C@@H](C(C)(C)C)C2. The number of carbonyl (C=O) groups is 2. The van der Waals surface area contributed by atoms with E-state index in [9.17, 15) is 9.59 Å². The minimum Gasteiger partial charge on any atom is -0.496 e. The Morgan fingerprint density at radius 1 is 1.33 bits per heavy atom. The van der Waals surface area contributed by atoms with Crippen LogP contribution in [0, 0.1) is 11.3 Å². The zero-order valence-corrected chi connectivity index (χ0v) is 20.1. The minimum absolute atomic E-state index is 0.198. The standard InChI is InChI=1S/C23H27BrN2O3S/c1-23(2,3)14-6-8-16-18(12-14)30-22(20(16)21(25)28)26-19(27)10-5-13-11-15(24)7-9-17(13)29-4/h5,7,9-11,14H,6,8,12H2,1-4H3,(H2,25,28)(H,26,27)/b10-5+/t14-/m1/s1. The first-order valence-electron chi connectivity index (χ1n) is 9.87. The van der Waals surface area contributed by atoms with Crippen molar-refractivity contribution in [1.82, 2.24) is 0 Å². The van der Waals surface area contributed by atoms with E-state index < -0.39 is 5.91 Å². The molecule has 0 fully saturated rings. The predicted octanol–water partition coefficient (Wildman–Crippen LogP) is 5.42. The maximum Gasteiger partial charge on any atom is 0.251 e. The summed E-state index contributed by atoms with van der Waals surface area (Å²) in [6, 6.07) is 5.57. The predicted molar refractivity (Wildman–Crippen MR) is 126 cm³/mol. The molecular formula is C23H27BrN2O3S. The maximum absolute atomic E-state index is 12.6. The lowest BCUT2D eigenvalue weighted by molar-refractivity contribution is -0.111. The number of hydrogen-bond donors (Lipinski definition) is 2. The molecule has 0 saturated carbocycles. The fourth-order valence-corrected chi connectivity index (χ4v) is 5.54. The lowest BCUT2D eigenvalue weighted by Gasteiger charge is -2.33. The molecule has 3 rings (SSSR count). The summed E-state index contributed by atoms with van der Waals surface area (Å²) in [6.45, 7) is 6.73. The number of hydrogen-bond acceptors (Lipinski definition) is 4. The molecule has 0 radical (unpaired) electrons. The summed E-state index contributed by atoms with van der Waals surface area (Å²) in [5.74, 6) is 0.400. The molecule has 0 unspecified atom stereocenters. The third-order valence-corrected chi connectivity index (χ3v) is 7.24. The molecule has 30 heavy (non-hydrogen) atoms. The van der Waals surface area contributed by atoms with Crippen LogP contribution in [0.25, 0.3) is 6.08 Å². The number of thiophene rings is 1. The van der Waals surface area contributed by atoms with Gasteiger partial charge in [0, 0.05) is 21.0 Å². The smallest absolute Gasteiger partial charge is 0.251 e. The Hall–Kier alpha value is -2.12. The molecule has 1 aliphatic carbocycles. The van der Waals surface area contributed by atoms with Gasteiger partial charge < -0.3 is 15.8 Å². The van der Waals surface area contributed by atoms with Gasteiger partial charge in [-0.2, -0.15) is 0 Å². The van der Waals surface area contributed by atoms with Crippen LogP contribution in [0.3, 0.4) is 0 Å². The number of nitrogens with two attached hydrogens (primary N) is 1. The normalized spacial score (nSPS) is 16.4. The summed E-state index contributed by atoms with van der Waals surface area (Å²) >= 11 is 4.89. The quantitative estimate of drug-likeness (QED) is 0.548. The van der Waals surface area contributed by atoms with E-state index in [-0.39, 0.29) is 11.3 Å². The number of nitrogens with one attached hydrogen (secondary N) is 1. The van der Waals surface area contributed by atoms with Gasteiger partial charge in [0.1, 0.15) is 10.8 Å². The maximum atomic E-state index is 12.6. The fourth-order valence-electron chi connectivity index (χ4n) is 3.83. The number of halogens is 1. The molecule has 1 heterocycles. The first kappa shape index (κ1) is 22.6. The van der Waals surface area contributed by atoms with E-state index in [1.54, 1.807) is 13.2 Å². The molecule has 0 spiro atoms. The van der Waals surface area contributed by atoms with Gasteiger partial charge >= 0.3 is 0 Å². The summed E-state index contributed by atoms with van der Waals surface area (Å²) in [5, 5.41) is 3.40. The Morgan fingerprint density at radius 2 is 2.07 bits per heavy atom. The Labute approximate surface area is 189 Å². The molecule has 1 aromatic carbocycles. The van der Waals surface area contributed by atoms with Gasteiger partial charge in [-0.1, -0.05) is 36.7 Å². The van der Waals surface area contributed by atoms with E-state index in [4.69, 9.17) is 10.5 Å². The van der Waals surface area contributed by atoms with E-state index in [1.807, 2.05) is 18.2 Å². The number of amides is 2. The highest BCUT2D eigenvalue weighted by Crippen LogP contribution is 2.44. The van der Waals surface area contributed by atoms with Crippen LogP contribution < -0.4 is 15.8 Å². The van der Waals surface area contributed by atoms with E-state index in [0.717, 1.165) is 39.7 Å². The van der Waals surface area contributed by atoms with Crippen LogP contribution in [0.2, 0.25) is 0 Å². The number of ether oxygens (including phenoxy) is 1. The van der Waals surface area contributed by atoms with Crippen molar-refractivity contribution in [3.63, 3.8) is 0 Å². The van der Waals surface area contributed by atoms with Crippen molar-refractivity contribution < 1.29 is 14.3 Å². The van der Waals surface area contributed by atoms with Crippen LogP contribution in [-0.2, 0) is 17.6 Å². The van der Waals surface area contributed by atoms with Crippen molar-refractivity contribution in [2.45, 2.75) is 40.0 Å². The number of primary amides is 1. The van der Waals surface area contributed by atoms with Crippen LogP contribution >= 0.6 is 27.3 Å². The molecule has 7 heteroatoms. The molecule has 0 saturated heterocycles. The molecule has 160 valence electrons. The molecule has 3 N–H and O–H groups in total. The Balaban J connectivity index is 1.83. The summed E-state index contributed by atoms with van der Waals surface area (Å²) < 4.78 is 6.22. The van der Waals surface area contributed by atoms with Crippen LogP contribution in [0.1, 0.15) is 53.6 Å². The number of fused-ring (bicyclic) bond motifs is 1. The molecule has 1 aliphatic rings. The van der Waals surface area contributed by atoms with Gasteiger partial charge in [0.2, 0.25) is 5.91 Å². The van der Waals surface area contributed by atoms with Gasteiger partial charge in [0.25, 0.3) is 5.91 Å². The molecule has 1 atom stereocenters. The van der Waals surface area contributed by atoms with Gasteiger partial charge in [0.15, 0.2) is 0 Å². The lowest BCUT2D eigenvalue weighted by atomic mass is 9.72. The number of benzene rings is 1. The van der Waals surface area contributed by atoms with Gasteiger partial charge in [-0.25, -0.2) is 0 Å². The summed E-state index contributed by atoms with van der Waals surface area (Å²) in [4.78, 5) is 25.9. The summed E-state index contributed by atoms with van der Waals surface area (Å²) in [6.07, 6.45) is 5.86. The topological polar surface area (TPSA) is 81.4 Å². The van der Waals surface area contributed by atoms with Crippen molar-refractivity contribution in [3.8, 4) is 5.75 Å². The fraction of sp³-hybridized carbons (Fsp3) is 0.391. The molecular weight excluding hydrogens is 464 g/mol. The van der Waals surface area contributed by atoms with Crippen LogP contribution in [-0.4, -0.2) is 18.9 Å².